The minimum absolute atomic E-state index is 0.0928. The molecule has 0 amide bonds. The number of aliphatic hydroxyl groups excluding tert-OH is 1. The second-order valence-corrected chi connectivity index (χ2v) is 8.66. The fourth-order valence-corrected chi connectivity index (χ4v) is 4.07. The molecular formula is C15H21N5O3S. The van der Waals surface area contributed by atoms with Gasteiger partial charge in [-0.1, -0.05) is 0 Å². The third-order valence-corrected chi connectivity index (χ3v) is 6.02. The Morgan fingerprint density at radius 3 is 2.75 bits per heavy atom. The number of nitrogens with zero attached hydrogens (tertiary/aromatic N) is 4. The lowest BCUT2D eigenvalue weighted by atomic mass is 10.0. The largest absolute Gasteiger partial charge is 0.390 e. The quantitative estimate of drug-likeness (QED) is 0.828. The molecule has 3 heterocycles. The second kappa shape index (κ2) is 5.68. The van der Waals surface area contributed by atoms with Crippen molar-refractivity contribution in [3.05, 3.63) is 24.0 Å². The minimum atomic E-state index is -3.27. The van der Waals surface area contributed by atoms with Crippen LogP contribution in [-0.4, -0.2) is 63.9 Å². The molecule has 0 bridgehead atoms. The SMILES string of the molecule is CS(=O)(=O)N1CC[C@@H](Nc2ncc3ccc(C4CC4)n3n2)[C@H](O)C1. The summed E-state index contributed by atoms with van der Waals surface area (Å²) in [6, 6.07) is 3.84. The van der Waals surface area contributed by atoms with Gasteiger partial charge in [0.25, 0.3) is 0 Å². The molecule has 0 radical (unpaired) electrons. The first kappa shape index (κ1) is 15.8. The highest BCUT2D eigenvalue weighted by molar-refractivity contribution is 7.88. The number of rotatable bonds is 4. The van der Waals surface area contributed by atoms with E-state index in [1.54, 1.807) is 6.20 Å². The Bertz CT molecular complexity index is 861. The van der Waals surface area contributed by atoms with Crippen LogP contribution < -0.4 is 5.32 Å². The number of aliphatic hydroxyl groups is 1. The first-order valence-corrected chi connectivity index (χ1v) is 10.0. The summed E-state index contributed by atoms with van der Waals surface area (Å²) >= 11 is 0. The Morgan fingerprint density at radius 1 is 1.29 bits per heavy atom. The third kappa shape index (κ3) is 2.99. The highest BCUT2D eigenvalue weighted by Gasteiger charge is 2.32. The molecule has 2 aromatic rings. The van der Waals surface area contributed by atoms with Crippen molar-refractivity contribution in [2.24, 2.45) is 0 Å². The summed E-state index contributed by atoms with van der Waals surface area (Å²) in [6.07, 6.45) is 5.04. The van der Waals surface area contributed by atoms with Gasteiger partial charge in [0, 0.05) is 24.7 Å². The van der Waals surface area contributed by atoms with Gasteiger partial charge in [-0.3, -0.25) is 0 Å². The number of hydrogen-bond acceptors (Lipinski definition) is 6. The number of hydrogen-bond donors (Lipinski definition) is 2. The maximum atomic E-state index is 11.6. The van der Waals surface area contributed by atoms with Gasteiger partial charge in [0.1, 0.15) is 0 Å². The predicted molar refractivity (Wildman–Crippen MR) is 89.4 cm³/mol. The first-order chi connectivity index (χ1) is 11.4. The molecule has 130 valence electrons. The van der Waals surface area contributed by atoms with Crippen molar-refractivity contribution in [2.45, 2.75) is 37.3 Å². The van der Waals surface area contributed by atoms with E-state index in [-0.39, 0.29) is 12.6 Å². The van der Waals surface area contributed by atoms with Gasteiger partial charge >= 0.3 is 0 Å². The fourth-order valence-electron chi connectivity index (χ4n) is 3.21. The summed E-state index contributed by atoms with van der Waals surface area (Å²) in [6.45, 7) is 0.474. The van der Waals surface area contributed by atoms with Gasteiger partial charge in [-0.2, -0.15) is 4.31 Å². The van der Waals surface area contributed by atoms with Gasteiger partial charge < -0.3 is 10.4 Å². The molecule has 9 heteroatoms. The van der Waals surface area contributed by atoms with E-state index < -0.39 is 16.1 Å². The van der Waals surface area contributed by atoms with E-state index in [1.807, 2.05) is 10.6 Å². The van der Waals surface area contributed by atoms with Crippen LogP contribution in [0.5, 0.6) is 0 Å². The number of β-amino-alcohol motifs (C(OH)–C–C–N with tert-alkyl or cyclic N) is 1. The number of piperidine rings is 1. The Balaban J connectivity index is 1.51. The molecule has 0 spiro atoms. The molecule has 8 nitrogen and oxygen atoms in total. The van der Waals surface area contributed by atoms with Gasteiger partial charge in [-0.05, 0) is 31.4 Å². The normalized spacial score (nSPS) is 25.9. The van der Waals surface area contributed by atoms with E-state index in [1.165, 1.54) is 22.8 Å². The van der Waals surface area contributed by atoms with Crippen LogP contribution in [-0.2, 0) is 10.0 Å². The minimum Gasteiger partial charge on any atom is -0.390 e. The van der Waals surface area contributed by atoms with Crippen molar-refractivity contribution in [1.82, 2.24) is 18.9 Å². The predicted octanol–water partition coefficient (Wildman–Crippen LogP) is 0.413. The van der Waals surface area contributed by atoms with Crippen LogP contribution in [0.4, 0.5) is 5.95 Å². The summed E-state index contributed by atoms with van der Waals surface area (Å²) in [5.74, 6) is 1.04. The molecule has 0 unspecified atom stereocenters. The first-order valence-electron chi connectivity index (χ1n) is 8.16. The number of anilines is 1. The number of aromatic nitrogens is 3. The molecule has 2 fully saturated rings. The molecule has 1 aliphatic heterocycles. The average molecular weight is 351 g/mol. The highest BCUT2D eigenvalue weighted by Crippen LogP contribution is 2.40. The van der Waals surface area contributed by atoms with E-state index in [9.17, 15) is 13.5 Å². The van der Waals surface area contributed by atoms with E-state index in [0.29, 0.717) is 24.8 Å². The lowest BCUT2D eigenvalue weighted by Gasteiger charge is -2.34. The smallest absolute Gasteiger partial charge is 0.241 e. The van der Waals surface area contributed by atoms with E-state index in [0.717, 1.165) is 11.8 Å². The van der Waals surface area contributed by atoms with Crippen LogP contribution >= 0.6 is 0 Å². The Morgan fingerprint density at radius 2 is 2.08 bits per heavy atom. The second-order valence-electron chi connectivity index (χ2n) is 6.68. The van der Waals surface area contributed by atoms with Crippen LogP contribution in [0.2, 0.25) is 0 Å². The van der Waals surface area contributed by atoms with Crippen LogP contribution in [0, 0.1) is 0 Å². The molecule has 1 saturated heterocycles. The van der Waals surface area contributed by atoms with Crippen molar-refractivity contribution in [1.29, 1.82) is 0 Å². The van der Waals surface area contributed by atoms with Gasteiger partial charge in [0.2, 0.25) is 16.0 Å². The van der Waals surface area contributed by atoms with Crippen molar-refractivity contribution in [3.63, 3.8) is 0 Å². The zero-order valence-corrected chi connectivity index (χ0v) is 14.3. The molecule has 24 heavy (non-hydrogen) atoms. The maximum absolute atomic E-state index is 11.6. The highest BCUT2D eigenvalue weighted by atomic mass is 32.2. The monoisotopic (exact) mass is 351 g/mol. The standard InChI is InChI=1S/C15H21N5O3S/c1-24(22,23)19-7-6-12(14(21)9-19)17-15-16-8-11-4-5-13(10-2-3-10)20(11)18-15/h4-5,8,10,12,14,21H,2-3,6-7,9H2,1H3,(H,17,18)/t12-,14-/m1/s1. The molecule has 2 aromatic heterocycles. The third-order valence-electron chi connectivity index (χ3n) is 4.75. The van der Waals surface area contributed by atoms with Gasteiger partial charge in [-0.15, -0.1) is 5.10 Å². The molecule has 0 aromatic carbocycles. The lowest BCUT2D eigenvalue weighted by molar-refractivity contribution is 0.0950. The Kier molecular flexibility index (Phi) is 3.74. The molecular weight excluding hydrogens is 330 g/mol. The maximum Gasteiger partial charge on any atom is 0.241 e. The fraction of sp³-hybridized carbons (Fsp3) is 0.600. The number of fused-ring (bicyclic) bond motifs is 1. The summed E-state index contributed by atoms with van der Waals surface area (Å²) < 4.78 is 26.4. The van der Waals surface area contributed by atoms with Crippen LogP contribution in [0.15, 0.2) is 18.3 Å². The van der Waals surface area contributed by atoms with Crippen molar-refractivity contribution in [2.75, 3.05) is 24.7 Å². The Hall–Kier alpha value is -1.71. The van der Waals surface area contributed by atoms with Crippen LogP contribution in [0.1, 0.15) is 30.9 Å². The van der Waals surface area contributed by atoms with Gasteiger partial charge in [-0.25, -0.2) is 17.9 Å². The number of nitrogens with one attached hydrogen (secondary N) is 1. The molecule has 1 aliphatic carbocycles. The molecule has 2 atom stereocenters. The Labute approximate surface area is 140 Å². The van der Waals surface area contributed by atoms with E-state index in [2.05, 4.69) is 21.5 Å². The molecule has 2 N–H and O–H groups in total. The van der Waals surface area contributed by atoms with Crippen molar-refractivity contribution in [3.8, 4) is 0 Å². The zero-order chi connectivity index (χ0) is 16.9. The summed E-state index contributed by atoms with van der Waals surface area (Å²) in [5.41, 5.74) is 2.15. The van der Waals surface area contributed by atoms with Crippen LogP contribution in [0.25, 0.3) is 5.52 Å². The van der Waals surface area contributed by atoms with Crippen molar-refractivity contribution < 1.29 is 13.5 Å². The van der Waals surface area contributed by atoms with Crippen LogP contribution in [0.3, 0.4) is 0 Å². The topological polar surface area (TPSA) is 99.8 Å². The summed E-state index contributed by atoms with van der Waals surface area (Å²) in [5, 5.41) is 18.0. The molecule has 2 aliphatic rings. The molecule has 4 rings (SSSR count). The van der Waals surface area contributed by atoms with Crippen molar-refractivity contribution >= 4 is 21.5 Å². The van der Waals surface area contributed by atoms with Gasteiger partial charge in [0.15, 0.2) is 0 Å². The zero-order valence-electron chi connectivity index (χ0n) is 13.5. The summed E-state index contributed by atoms with van der Waals surface area (Å²) in [4.78, 5) is 4.31. The van der Waals surface area contributed by atoms with E-state index >= 15 is 0 Å². The molecule has 1 saturated carbocycles. The number of sulfonamides is 1. The summed E-state index contributed by atoms with van der Waals surface area (Å²) in [7, 11) is -3.27. The van der Waals surface area contributed by atoms with E-state index in [4.69, 9.17) is 0 Å². The average Bonchev–Trinajstić information content (AvgIpc) is 3.28. The van der Waals surface area contributed by atoms with Gasteiger partial charge in [0.05, 0.1) is 30.1 Å². The lowest BCUT2D eigenvalue weighted by Crippen LogP contribution is -2.51.